The van der Waals surface area contributed by atoms with E-state index in [1.807, 2.05) is 11.3 Å². The van der Waals surface area contributed by atoms with Gasteiger partial charge in [-0.3, -0.25) is 0 Å². The van der Waals surface area contributed by atoms with E-state index in [4.69, 9.17) is 0 Å². The molecule has 1 saturated carbocycles. The normalized spacial score (nSPS) is 21.6. The van der Waals surface area contributed by atoms with Gasteiger partial charge in [-0.1, -0.05) is 6.42 Å². The Morgan fingerprint density at radius 1 is 1.50 bits per heavy atom. The van der Waals surface area contributed by atoms with Crippen molar-refractivity contribution in [2.24, 2.45) is 0 Å². The Morgan fingerprint density at radius 3 is 2.57 bits per heavy atom. The molecule has 1 unspecified atom stereocenters. The number of hydrogen-bond donors (Lipinski definition) is 1. The van der Waals surface area contributed by atoms with Crippen LogP contribution in [0.3, 0.4) is 0 Å². The van der Waals surface area contributed by atoms with Crippen molar-refractivity contribution in [3.05, 3.63) is 20.8 Å². The third kappa shape index (κ3) is 1.55. The molecule has 0 saturated heterocycles. The highest BCUT2D eigenvalue weighted by Crippen LogP contribution is 2.49. The van der Waals surface area contributed by atoms with Gasteiger partial charge >= 0.3 is 0 Å². The van der Waals surface area contributed by atoms with E-state index in [0.29, 0.717) is 11.5 Å². The van der Waals surface area contributed by atoms with Gasteiger partial charge in [0.2, 0.25) is 0 Å². The molecule has 1 aromatic rings. The van der Waals surface area contributed by atoms with E-state index >= 15 is 0 Å². The van der Waals surface area contributed by atoms with Gasteiger partial charge in [-0.2, -0.15) is 0 Å². The van der Waals surface area contributed by atoms with Gasteiger partial charge in [0.05, 0.1) is 3.79 Å². The fourth-order valence-corrected chi connectivity index (χ4v) is 4.03. The van der Waals surface area contributed by atoms with Crippen LogP contribution in [0, 0.1) is 0 Å². The van der Waals surface area contributed by atoms with Crippen LogP contribution < -0.4 is 5.32 Å². The van der Waals surface area contributed by atoms with Crippen molar-refractivity contribution in [3.63, 3.8) is 0 Å². The maximum Gasteiger partial charge on any atom is 0.0701 e. The minimum atomic E-state index is 0.422. The van der Waals surface area contributed by atoms with Crippen LogP contribution in [0.4, 0.5) is 0 Å². The second kappa shape index (κ2) is 3.95. The minimum absolute atomic E-state index is 0.422. The Balaban J connectivity index is 2.28. The van der Waals surface area contributed by atoms with Crippen LogP contribution in [0.1, 0.15) is 31.1 Å². The van der Waals surface area contributed by atoms with Crippen LogP contribution in [0.25, 0.3) is 0 Å². The zero-order valence-electron chi connectivity index (χ0n) is 8.64. The molecule has 1 heterocycles. The van der Waals surface area contributed by atoms with Crippen molar-refractivity contribution in [3.8, 4) is 0 Å². The van der Waals surface area contributed by atoms with Gasteiger partial charge < -0.3 is 5.32 Å². The molecule has 0 amide bonds. The van der Waals surface area contributed by atoms with Gasteiger partial charge in [-0.05, 0) is 54.9 Å². The quantitative estimate of drug-likeness (QED) is 0.889. The first kappa shape index (κ1) is 10.7. The van der Waals surface area contributed by atoms with Crippen LogP contribution >= 0.6 is 27.3 Å². The molecular weight excluding hydrogens is 258 g/mol. The molecule has 0 spiro atoms. The standard InChI is InChI=1S/C11H16BrNS/c1-8(13-2)11(6-3-7-11)9-4-5-10(12)14-9/h4-5,8,13H,3,6-7H2,1-2H3. The molecule has 1 N–H and O–H groups in total. The summed E-state index contributed by atoms with van der Waals surface area (Å²) in [5, 5.41) is 3.41. The molecule has 1 aromatic heterocycles. The highest BCUT2D eigenvalue weighted by atomic mass is 79.9. The maximum absolute atomic E-state index is 3.55. The van der Waals surface area contributed by atoms with Gasteiger partial charge in [0.25, 0.3) is 0 Å². The number of rotatable bonds is 3. The zero-order valence-corrected chi connectivity index (χ0v) is 11.0. The summed E-state index contributed by atoms with van der Waals surface area (Å²) in [6.07, 6.45) is 4.05. The number of nitrogens with one attached hydrogen (secondary N) is 1. The lowest BCUT2D eigenvalue weighted by Gasteiger charge is -2.46. The summed E-state index contributed by atoms with van der Waals surface area (Å²) >= 11 is 5.44. The Hall–Kier alpha value is 0.140. The maximum atomic E-state index is 3.55. The molecular formula is C11H16BrNS. The highest BCUT2D eigenvalue weighted by molar-refractivity contribution is 9.11. The summed E-state index contributed by atoms with van der Waals surface area (Å²) < 4.78 is 1.25. The summed E-state index contributed by atoms with van der Waals surface area (Å²) in [4.78, 5) is 1.54. The van der Waals surface area contributed by atoms with Crippen molar-refractivity contribution in [1.82, 2.24) is 5.32 Å². The molecule has 14 heavy (non-hydrogen) atoms. The first-order valence-corrected chi connectivity index (χ1v) is 6.73. The summed E-state index contributed by atoms with van der Waals surface area (Å²) in [7, 11) is 2.06. The molecule has 0 aliphatic heterocycles. The van der Waals surface area contributed by atoms with E-state index in [0.717, 1.165) is 0 Å². The molecule has 1 fully saturated rings. The monoisotopic (exact) mass is 273 g/mol. The second-order valence-corrected chi connectivity index (χ2v) is 6.59. The van der Waals surface area contributed by atoms with Crippen LogP contribution in [0.2, 0.25) is 0 Å². The number of thiophene rings is 1. The smallest absolute Gasteiger partial charge is 0.0701 e. The zero-order chi connectivity index (χ0) is 10.2. The summed E-state index contributed by atoms with van der Waals surface area (Å²) in [5.74, 6) is 0. The lowest BCUT2D eigenvalue weighted by Crippen LogP contribution is -2.49. The Kier molecular flexibility index (Phi) is 3.01. The molecule has 0 bridgehead atoms. The molecule has 2 rings (SSSR count). The SMILES string of the molecule is CNC(C)C1(c2ccc(Br)s2)CCC1. The van der Waals surface area contributed by atoms with Gasteiger partial charge in [-0.15, -0.1) is 11.3 Å². The van der Waals surface area contributed by atoms with Crippen LogP contribution in [0.15, 0.2) is 15.9 Å². The van der Waals surface area contributed by atoms with E-state index in [2.05, 4.69) is 47.4 Å². The highest BCUT2D eigenvalue weighted by Gasteiger charge is 2.43. The third-order valence-corrected chi connectivity index (χ3v) is 5.42. The van der Waals surface area contributed by atoms with E-state index in [1.54, 1.807) is 0 Å². The Labute approximate surface area is 98.0 Å². The molecule has 1 nitrogen and oxygen atoms in total. The summed E-state index contributed by atoms with van der Waals surface area (Å²) in [6.45, 7) is 2.30. The van der Waals surface area contributed by atoms with E-state index in [9.17, 15) is 0 Å². The summed E-state index contributed by atoms with van der Waals surface area (Å²) in [5.41, 5.74) is 0.422. The average molecular weight is 274 g/mol. The van der Waals surface area contributed by atoms with Crippen molar-refractivity contribution >= 4 is 27.3 Å². The third-order valence-electron chi connectivity index (χ3n) is 3.57. The number of likely N-dealkylation sites (N-methyl/N-ethyl adjacent to an activating group) is 1. The first-order chi connectivity index (χ1) is 6.69. The fraction of sp³-hybridized carbons (Fsp3) is 0.636. The Bertz CT molecular complexity index is 317. The first-order valence-electron chi connectivity index (χ1n) is 5.12. The van der Waals surface area contributed by atoms with Gasteiger partial charge in [0.15, 0.2) is 0 Å². The van der Waals surface area contributed by atoms with Gasteiger partial charge in [0.1, 0.15) is 0 Å². The topological polar surface area (TPSA) is 12.0 Å². The average Bonchev–Trinajstić information content (AvgIpc) is 2.50. The van der Waals surface area contributed by atoms with E-state index in [1.165, 1.54) is 27.9 Å². The van der Waals surface area contributed by atoms with Crippen molar-refractivity contribution in [2.75, 3.05) is 7.05 Å². The lowest BCUT2D eigenvalue weighted by atomic mass is 9.63. The Morgan fingerprint density at radius 2 is 2.21 bits per heavy atom. The minimum Gasteiger partial charge on any atom is -0.316 e. The summed E-state index contributed by atoms with van der Waals surface area (Å²) in [6, 6.07) is 5.03. The van der Waals surface area contributed by atoms with Crippen LogP contribution in [-0.2, 0) is 5.41 Å². The number of hydrogen-bond acceptors (Lipinski definition) is 2. The van der Waals surface area contributed by atoms with Crippen molar-refractivity contribution in [1.29, 1.82) is 0 Å². The van der Waals surface area contributed by atoms with Crippen molar-refractivity contribution in [2.45, 2.75) is 37.6 Å². The van der Waals surface area contributed by atoms with E-state index in [-0.39, 0.29) is 0 Å². The molecule has 1 atom stereocenters. The second-order valence-electron chi connectivity index (χ2n) is 4.12. The molecule has 3 heteroatoms. The fourth-order valence-electron chi connectivity index (χ4n) is 2.31. The predicted molar refractivity (Wildman–Crippen MR) is 66.1 cm³/mol. The molecule has 78 valence electrons. The molecule has 0 radical (unpaired) electrons. The largest absolute Gasteiger partial charge is 0.316 e. The molecule has 1 aliphatic carbocycles. The predicted octanol–water partition coefficient (Wildman–Crippen LogP) is 3.54. The van der Waals surface area contributed by atoms with Gasteiger partial charge in [-0.25, -0.2) is 0 Å². The van der Waals surface area contributed by atoms with Crippen LogP contribution in [0.5, 0.6) is 0 Å². The molecule has 1 aliphatic rings. The van der Waals surface area contributed by atoms with Crippen molar-refractivity contribution < 1.29 is 0 Å². The lowest BCUT2D eigenvalue weighted by molar-refractivity contribution is 0.190. The van der Waals surface area contributed by atoms with Gasteiger partial charge in [0, 0.05) is 16.3 Å². The molecule has 0 aromatic carbocycles. The van der Waals surface area contributed by atoms with Crippen LogP contribution in [-0.4, -0.2) is 13.1 Å². The van der Waals surface area contributed by atoms with E-state index < -0.39 is 0 Å². The number of halogens is 1.